The fourth-order valence-corrected chi connectivity index (χ4v) is 2.59. The molecule has 0 amide bonds. The Kier molecular flexibility index (Phi) is 2.52. The van der Waals surface area contributed by atoms with E-state index in [2.05, 4.69) is 16.2 Å². The van der Waals surface area contributed by atoms with Crippen molar-refractivity contribution in [3.8, 4) is 6.07 Å². The average Bonchev–Trinajstić information content (AvgIpc) is 2.82. The second-order valence-electron chi connectivity index (χ2n) is 4.63. The van der Waals surface area contributed by atoms with Gasteiger partial charge < -0.3 is 0 Å². The van der Waals surface area contributed by atoms with Gasteiger partial charge in [-0.15, -0.1) is 0 Å². The Morgan fingerprint density at radius 3 is 2.82 bits per heavy atom. The van der Waals surface area contributed by atoms with Crippen LogP contribution in [0.5, 0.6) is 0 Å². The third kappa shape index (κ3) is 1.78. The molecule has 0 atom stereocenters. The van der Waals surface area contributed by atoms with Crippen LogP contribution in [0.25, 0.3) is 11.0 Å². The molecule has 0 radical (unpaired) electrons. The van der Waals surface area contributed by atoms with Crippen molar-refractivity contribution in [1.29, 1.82) is 5.26 Å². The lowest BCUT2D eigenvalue weighted by Crippen LogP contribution is -2.14. The minimum Gasteiger partial charge on any atom is -0.244 e. The monoisotopic (exact) mass is 226 g/mol. The summed E-state index contributed by atoms with van der Waals surface area (Å²) in [5.41, 5.74) is 1.51. The molecule has 1 aliphatic rings. The van der Waals surface area contributed by atoms with Gasteiger partial charge in [-0.05, 0) is 18.9 Å². The highest BCUT2D eigenvalue weighted by Crippen LogP contribution is 2.29. The van der Waals surface area contributed by atoms with Crippen LogP contribution in [0.4, 0.5) is 0 Å². The number of hydrogen-bond acceptors (Lipinski definition) is 3. The van der Waals surface area contributed by atoms with Crippen molar-refractivity contribution < 1.29 is 0 Å². The minimum atomic E-state index is 0.488. The lowest BCUT2D eigenvalue weighted by Gasteiger charge is -2.22. The number of aromatic nitrogens is 3. The van der Waals surface area contributed by atoms with Gasteiger partial charge in [-0.1, -0.05) is 19.3 Å². The molecule has 4 nitrogen and oxygen atoms in total. The third-order valence-electron chi connectivity index (χ3n) is 3.48. The summed E-state index contributed by atoms with van der Waals surface area (Å²) >= 11 is 0. The van der Waals surface area contributed by atoms with Gasteiger partial charge in [0, 0.05) is 11.6 Å². The van der Waals surface area contributed by atoms with Gasteiger partial charge in [0.2, 0.25) is 0 Å². The molecule has 17 heavy (non-hydrogen) atoms. The van der Waals surface area contributed by atoms with Crippen LogP contribution in [0.2, 0.25) is 0 Å². The Hall–Kier alpha value is -1.89. The lowest BCUT2D eigenvalue weighted by atomic mass is 9.96. The predicted molar refractivity (Wildman–Crippen MR) is 64.4 cm³/mol. The summed E-state index contributed by atoms with van der Waals surface area (Å²) in [6.07, 6.45) is 9.73. The van der Waals surface area contributed by atoms with Crippen LogP contribution in [0.1, 0.15) is 43.7 Å². The van der Waals surface area contributed by atoms with Crippen molar-refractivity contribution in [2.45, 2.75) is 38.1 Å². The normalized spacial score (nSPS) is 17.1. The summed E-state index contributed by atoms with van der Waals surface area (Å²) in [6, 6.07) is 4.45. The zero-order valence-electron chi connectivity index (χ0n) is 9.63. The van der Waals surface area contributed by atoms with E-state index < -0.39 is 0 Å². The third-order valence-corrected chi connectivity index (χ3v) is 3.48. The number of nitrogens with zero attached hydrogens (tertiary/aromatic N) is 4. The van der Waals surface area contributed by atoms with Crippen LogP contribution in [-0.4, -0.2) is 14.8 Å². The zero-order valence-corrected chi connectivity index (χ0v) is 9.63. The quantitative estimate of drug-likeness (QED) is 0.751. The van der Waals surface area contributed by atoms with Gasteiger partial charge in [0.15, 0.2) is 5.65 Å². The highest BCUT2D eigenvalue weighted by molar-refractivity contribution is 5.75. The summed E-state index contributed by atoms with van der Waals surface area (Å²) in [5.74, 6) is 0. The maximum Gasteiger partial charge on any atom is 0.158 e. The number of nitriles is 1. The highest BCUT2D eigenvalue weighted by Gasteiger charge is 2.18. The van der Waals surface area contributed by atoms with E-state index in [-0.39, 0.29) is 0 Å². The molecule has 0 aromatic carbocycles. The first kappa shape index (κ1) is 10.3. The molecular formula is C13H14N4. The molecule has 2 heterocycles. The summed E-state index contributed by atoms with van der Waals surface area (Å²) in [6.45, 7) is 0. The zero-order chi connectivity index (χ0) is 11.7. The van der Waals surface area contributed by atoms with Crippen molar-refractivity contribution >= 4 is 11.0 Å². The smallest absolute Gasteiger partial charge is 0.158 e. The van der Waals surface area contributed by atoms with E-state index in [0.29, 0.717) is 11.6 Å². The molecule has 0 saturated heterocycles. The van der Waals surface area contributed by atoms with Crippen molar-refractivity contribution in [2.24, 2.45) is 0 Å². The van der Waals surface area contributed by atoms with E-state index in [1.54, 1.807) is 6.20 Å². The van der Waals surface area contributed by atoms with Gasteiger partial charge in [0.25, 0.3) is 0 Å². The fraction of sp³-hybridized carbons (Fsp3) is 0.462. The van der Waals surface area contributed by atoms with Crippen LogP contribution in [0.15, 0.2) is 18.5 Å². The molecule has 3 rings (SSSR count). The Morgan fingerprint density at radius 2 is 2.06 bits per heavy atom. The molecule has 0 N–H and O–H groups in total. The van der Waals surface area contributed by atoms with Gasteiger partial charge >= 0.3 is 0 Å². The largest absolute Gasteiger partial charge is 0.244 e. The molecule has 0 unspecified atom stereocenters. The number of hydrogen-bond donors (Lipinski definition) is 0. The maximum absolute atomic E-state index is 8.84. The van der Waals surface area contributed by atoms with E-state index in [4.69, 9.17) is 5.26 Å². The Bertz CT molecular complexity index is 573. The van der Waals surface area contributed by atoms with E-state index in [0.717, 1.165) is 11.0 Å². The second kappa shape index (κ2) is 4.17. The molecule has 4 heteroatoms. The summed E-state index contributed by atoms with van der Waals surface area (Å²) in [4.78, 5) is 4.37. The highest BCUT2D eigenvalue weighted by atomic mass is 15.3. The molecule has 1 saturated carbocycles. The summed E-state index contributed by atoms with van der Waals surface area (Å²) < 4.78 is 2.04. The van der Waals surface area contributed by atoms with E-state index >= 15 is 0 Å². The predicted octanol–water partition coefficient (Wildman–Crippen LogP) is 2.81. The van der Waals surface area contributed by atoms with Crippen molar-refractivity contribution in [1.82, 2.24) is 14.8 Å². The molecule has 0 spiro atoms. The first-order chi connectivity index (χ1) is 8.38. The molecule has 1 fully saturated rings. The summed E-state index contributed by atoms with van der Waals surface area (Å²) in [7, 11) is 0. The first-order valence-electron chi connectivity index (χ1n) is 6.12. The van der Waals surface area contributed by atoms with Crippen LogP contribution >= 0.6 is 0 Å². The average molecular weight is 226 g/mol. The number of fused-ring (bicyclic) bond motifs is 1. The number of pyridine rings is 1. The molecule has 86 valence electrons. The van der Waals surface area contributed by atoms with Gasteiger partial charge in [0.1, 0.15) is 6.07 Å². The van der Waals surface area contributed by atoms with Crippen molar-refractivity contribution in [2.75, 3.05) is 0 Å². The molecular weight excluding hydrogens is 212 g/mol. The Balaban J connectivity index is 2.03. The minimum absolute atomic E-state index is 0.488. The van der Waals surface area contributed by atoms with Gasteiger partial charge in [-0.3, -0.25) is 0 Å². The topological polar surface area (TPSA) is 54.5 Å². The van der Waals surface area contributed by atoms with Gasteiger partial charge in [-0.2, -0.15) is 10.4 Å². The van der Waals surface area contributed by atoms with E-state index in [1.165, 1.54) is 32.1 Å². The molecule has 2 aromatic rings. The van der Waals surface area contributed by atoms with Gasteiger partial charge in [0.05, 0.1) is 17.8 Å². The standard InChI is InChI=1S/C13H14N4/c14-7-10-6-11-9-16-17(13(11)15-8-10)12-4-2-1-3-5-12/h6,8-9,12H,1-5H2. The Morgan fingerprint density at radius 1 is 1.24 bits per heavy atom. The molecule has 0 bridgehead atoms. The maximum atomic E-state index is 8.84. The van der Waals surface area contributed by atoms with Crippen LogP contribution in [-0.2, 0) is 0 Å². The lowest BCUT2D eigenvalue weighted by molar-refractivity contribution is 0.336. The van der Waals surface area contributed by atoms with Crippen molar-refractivity contribution in [3.05, 3.63) is 24.0 Å². The van der Waals surface area contributed by atoms with Gasteiger partial charge in [-0.25, -0.2) is 9.67 Å². The molecule has 1 aliphatic carbocycles. The SMILES string of the molecule is N#Cc1cnc2c(cnn2C2CCCCC2)c1. The molecule has 2 aromatic heterocycles. The fourth-order valence-electron chi connectivity index (χ4n) is 2.59. The van der Waals surface area contributed by atoms with Crippen molar-refractivity contribution in [3.63, 3.8) is 0 Å². The van der Waals surface area contributed by atoms with Crippen LogP contribution < -0.4 is 0 Å². The number of rotatable bonds is 1. The first-order valence-corrected chi connectivity index (χ1v) is 6.12. The molecule has 0 aliphatic heterocycles. The van der Waals surface area contributed by atoms with E-state index in [9.17, 15) is 0 Å². The summed E-state index contributed by atoms with van der Waals surface area (Å²) in [5, 5.41) is 14.2. The van der Waals surface area contributed by atoms with E-state index in [1.807, 2.05) is 16.9 Å². The van der Waals surface area contributed by atoms with Crippen LogP contribution in [0, 0.1) is 11.3 Å². The van der Waals surface area contributed by atoms with Crippen LogP contribution in [0.3, 0.4) is 0 Å². The Labute approximate surface area is 99.9 Å². The second-order valence-corrected chi connectivity index (χ2v) is 4.63.